The largest absolute Gasteiger partial charge is 0.410 e. The van der Waals surface area contributed by atoms with Gasteiger partial charge in [-0.15, -0.1) is 0 Å². The lowest BCUT2D eigenvalue weighted by atomic mass is 9.96. The Balaban J connectivity index is 3.06. The Kier molecular flexibility index (Phi) is 5.83. The zero-order valence-corrected chi connectivity index (χ0v) is 12.3. The van der Waals surface area contributed by atoms with E-state index in [9.17, 15) is 4.79 Å². The van der Waals surface area contributed by atoms with E-state index in [0.717, 1.165) is 19.3 Å². The number of ether oxygens (including phenoxy) is 1. The van der Waals surface area contributed by atoms with Crippen molar-refractivity contribution in [3.05, 3.63) is 29.3 Å². The average molecular weight is 264 g/mol. The fraction of sp³-hybridized carbons (Fsp3) is 0.533. The van der Waals surface area contributed by atoms with Crippen molar-refractivity contribution < 1.29 is 9.53 Å². The van der Waals surface area contributed by atoms with E-state index in [4.69, 9.17) is 10.5 Å². The molecule has 0 bridgehead atoms. The molecule has 1 atom stereocenters. The second-order valence-electron chi connectivity index (χ2n) is 5.02. The molecule has 0 saturated heterocycles. The Hall–Kier alpha value is -1.55. The van der Waals surface area contributed by atoms with E-state index in [0.29, 0.717) is 5.75 Å². The van der Waals surface area contributed by atoms with Gasteiger partial charge in [0.2, 0.25) is 0 Å². The highest BCUT2D eigenvalue weighted by atomic mass is 16.5. The number of nitrogens with two attached hydrogens (primary N) is 1. The van der Waals surface area contributed by atoms with E-state index >= 15 is 0 Å². The minimum absolute atomic E-state index is 0.267. The molecule has 4 nitrogen and oxygen atoms in total. The fourth-order valence-corrected chi connectivity index (χ4v) is 2.01. The molecule has 0 aliphatic heterocycles. The van der Waals surface area contributed by atoms with Crippen molar-refractivity contribution in [2.45, 2.75) is 39.2 Å². The molecule has 0 aliphatic rings. The van der Waals surface area contributed by atoms with Crippen LogP contribution in [-0.2, 0) is 6.42 Å². The second kappa shape index (κ2) is 7.14. The standard InChI is InChI=1S/C15H24N2O2/c1-5-6-7-12-8-9-13(19-15(16)18)10-14(12)11(2)17(3)4/h8-11H,5-7H2,1-4H3,(H2,16,18). The highest BCUT2D eigenvalue weighted by molar-refractivity contribution is 5.68. The summed E-state index contributed by atoms with van der Waals surface area (Å²) in [5, 5.41) is 0. The molecule has 1 amide bonds. The van der Waals surface area contributed by atoms with Gasteiger partial charge in [-0.1, -0.05) is 19.4 Å². The molecule has 0 saturated carbocycles. The van der Waals surface area contributed by atoms with E-state index in [-0.39, 0.29) is 6.04 Å². The fourth-order valence-electron chi connectivity index (χ4n) is 2.01. The van der Waals surface area contributed by atoms with Crippen LogP contribution in [-0.4, -0.2) is 25.1 Å². The Morgan fingerprint density at radius 2 is 2.11 bits per heavy atom. The summed E-state index contributed by atoms with van der Waals surface area (Å²) in [5.41, 5.74) is 7.55. The Bertz CT molecular complexity index is 430. The molecule has 106 valence electrons. The summed E-state index contributed by atoms with van der Waals surface area (Å²) in [4.78, 5) is 13.0. The summed E-state index contributed by atoms with van der Waals surface area (Å²) >= 11 is 0. The lowest BCUT2D eigenvalue weighted by Gasteiger charge is -2.23. The quantitative estimate of drug-likeness (QED) is 0.859. The van der Waals surface area contributed by atoms with Crippen molar-refractivity contribution in [1.29, 1.82) is 0 Å². The van der Waals surface area contributed by atoms with Gasteiger partial charge in [0.25, 0.3) is 0 Å². The first-order valence-corrected chi connectivity index (χ1v) is 6.72. The maximum atomic E-state index is 10.8. The van der Waals surface area contributed by atoms with Crippen LogP contribution in [0.25, 0.3) is 0 Å². The van der Waals surface area contributed by atoms with Crippen molar-refractivity contribution in [1.82, 2.24) is 4.90 Å². The van der Waals surface area contributed by atoms with E-state index < -0.39 is 6.09 Å². The Labute approximate surface area is 115 Å². The molecule has 1 aromatic rings. The van der Waals surface area contributed by atoms with Gasteiger partial charge in [0.1, 0.15) is 5.75 Å². The van der Waals surface area contributed by atoms with Gasteiger partial charge >= 0.3 is 6.09 Å². The Morgan fingerprint density at radius 1 is 1.42 bits per heavy atom. The minimum atomic E-state index is -0.773. The first-order valence-electron chi connectivity index (χ1n) is 6.72. The molecule has 0 spiro atoms. The topological polar surface area (TPSA) is 55.6 Å². The predicted octanol–water partition coefficient (Wildman–Crippen LogP) is 3.11. The van der Waals surface area contributed by atoms with E-state index in [2.05, 4.69) is 18.7 Å². The second-order valence-corrected chi connectivity index (χ2v) is 5.02. The summed E-state index contributed by atoms with van der Waals surface area (Å²) in [7, 11) is 4.08. The number of hydrogen-bond donors (Lipinski definition) is 1. The van der Waals surface area contributed by atoms with Crippen LogP contribution in [0.2, 0.25) is 0 Å². The average Bonchev–Trinajstić information content (AvgIpc) is 2.35. The minimum Gasteiger partial charge on any atom is -0.410 e. The summed E-state index contributed by atoms with van der Waals surface area (Å²) in [6, 6.07) is 6.02. The molecule has 1 rings (SSSR count). The molecule has 0 aromatic heterocycles. The number of rotatable bonds is 6. The van der Waals surface area contributed by atoms with Gasteiger partial charge in [-0.3, -0.25) is 0 Å². The predicted molar refractivity (Wildman–Crippen MR) is 77.4 cm³/mol. The van der Waals surface area contributed by atoms with Crippen LogP contribution in [0, 0.1) is 0 Å². The number of aryl methyl sites for hydroxylation is 1. The molecule has 1 unspecified atom stereocenters. The number of hydrogen-bond acceptors (Lipinski definition) is 3. The maximum Gasteiger partial charge on any atom is 0.409 e. The lowest BCUT2D eigenvalue weighted by Crippen LogP contribution is -2.19. The summed E-state index contributed by atoms with van der Waals surface area (Å²) in [5.74, 6) is 0.511. The number of primary amides is 1. The van der Waals surface area contributed by atoms with Crippen LogP contribution < -0.4 is 10.5 Å². The first-order chi connectivity index (χ1) is 8.95. The van der Waals surface area contributed by atoms with Crippen LogP contribution in [0.3, 0.4) is 0 Å². The van der Waals surface area contributed by atoms with Crippen molar-refractivity contribution in [3.63, 3.8) is 0 Å². The van der Waals surface area contributed by atoms with Crippen LogP contribution in [0.1, 0.15) is 43.9 Å². The lowest BCUT2D eigenvalue weighted by molar-refractivity contribution is 0.210. The van der Waals surface area contributed by atoms with Crippen LogP contribution in [0.5, 0.6) is 5.75 Å². The third-order valence-electron chi connectivity index (χ3n) is 3.36. The molecule has 2 N–H and O–H groups in total. The molecule has 0 radical (unpaired) electrons. The van der Waals surface area contributed by atoms with Crippen LogP contribution in [0.15, 0.2) is 18.2 Å². The third-order valence-corrected chi connectivity index (χ3v) is 3.36. The van der Waals surface area contributed by atoms with Crippen molar-refractivity contribution in [3.8, 4) is 5.75 Å². The van der Waals surface area contributed by atoms with Gasteiger partial charge < -0.3 is 15.4 Å². The molecule has 4 heteroatoms. The zero-order chi connectivity index (χ0) is 14.4. The van der Waals surface area contributed by atoms with E-state index in [1.54, 1.807) is 0 Å². The van der Waals surface area contributed by atoms with E-state index in [1.165, 1.54) is 11.1 Å². The summed E-state index contributed by atoms with van der Waals surface area (Å²) < 4.78 is 4.96. The SMILES string of the molecule is CCCCc1ccc(OC(N)=O)cc1C(C)N(C)C. The number of amides is 1. The number of unbranched alkanes of at least 4 members (excludes halogenated alkanes) is 1. The van der Waals surface area contributed by atoms with Crippen molar-refractivity contribution in [2.24, 2.45) is 5.73 Å². The van der Waals surface area contributed by atoms with Crippen LogP contribution >= 0.6 is 0 Å². The molecule has 0 aliphatic carbocycles. The number of carbonyl (C=O) groups excluding carboxylic acids is 1. The Morgan fingerprint density at radius 3 is 2.63 bits per heavy atom. The number of nitrogens with zero attached hydrogens (tertiary/aromatic N) is 1. The monoisotopic (exact) mass is 264 g/mol. The number of carbonyl (C=O) groups is 1. The van der Waals surface area contributed by atoms with Gasteiger partial charge in [-0.2, -0.15) is 0 Å². The summed E-state index contributed by atoms with van der Waals surface area (Å²) in [6.07, 6.45) is 2.59. The zero-order valence-electron chi connectivity index (χ0n) is 12.3. The van der Waals surface area contributed by atoms with Crippen LogP contribution in [0.4, 0.5) is 4.79 Å². The van der Waals surface area contributed by atoms with Gasteiger partial charge in [-0.05, 0) is 57.1 Å². The molecule has 1 aromatic carbocycles. The van der Waals surface area contributed by atoms with Gasteiger partial charge in [0.15, 0.2) is 0 Å². The highest BCUT2D eigenvalue weighted by Gasteiger charge is 2.14. The number of benzene rings is 1. The van der Waals surface area contributed by atoms with Crippen molar-refractivity contribution >= 4 is 6.09 Å². The molecule has 0 heterocycles. The normalized spacial score (nSPS) is 12.5. The van der Waals surface area contributed by atoms with Crippen molar-refractivity contribution in [2.75, 3.05) is 14.1 Å². The molecule has 19 heavy (non-hydrogen) atoms. The summed E-state index contributed by atoms with van der Waals surface area (Å²) in [6.45, 7) is 4.32. The van der Waals surface area contributed by atoms with Gasteiger partial charge in [0.05, 0.1) is 0 Å². The first kappa shape index (κ1) is 15.5. The molecular formula is C15H24N2O2. The van der Waals surface area contributed by atoms with Gasteiger partial charge in [-0.25, -0.2) is 4.79 Å². The molecule has 0 fully saturated rings. The smallest absolute Gasteiger partial charge is 0.409 e. The van der Waals surface area contributed by atoms with E-state index in [1.807, 2.05) is 32.3 Å². The van der Waals surface area contributed by atoms with Gasteiger partial charge in [0, 0.05) is 6.04 Å². The molecular weight excluding hydrogens is 240 g/mol. The maximum absolute atomic E-state index is 10.8. The highest BCUT2D eigenvalue weighted by Crippen LogP contribution is 2.27. The third kappa shape index (κ3) is 4.56.